The summed E-state index contributed by atoms with van der Waals surface area (Å²) in [5, 5.41) is 11.7. The van der Waals surface area contributed by atoms with E-state index in [1.807, 2.05) is 11.8 Å². The van der Waals surface area contributed by atoms with Crippen LogP contribution in [0.4, 0.5) is 0 Å². The minimum Gasteiger partial charge on any atom is -0.150 e. The average Bonchev–Trinajstić information content (AvgIpc) is 3.45. The lowest BCUT2D eigenvalue weighted by molar-refractivity contribution is 0.723. The van der Waals surface area contributed by atoms with Gasteiger partial charge >= 0.3 is 0 Å². The molecule has 1 aromatic heterocycles. The van der Waals surface area contributed by atoms with E-state index in [2.05, 4.69) is 180 Å². The Labute approximate surface area is 283 Å². The molecule has 10 rings (SSSR count). The van der Waals surface area contributed by atoms with Crippen LogP contribution in [0.5, 0.6) is 0 Å². The predicted molar refractivity (Wildman–Crippen MR) is 197 cm³/mol. The van der Waals surface area contributed by atoms with E-state index >= 15 is 0 Å². The molecule has 0 atom stereocenters. The van der Waals surface area contributed by atoms with Crippen molar-refractivity contribution in [2.45, 2.75) is 15.2 Å². The van der Waals surface area contributed by atoms with Crippen LogP contribution in [0.15, 0.2) is 180 Å². The highest BCUT2D eigenvalue weighted by Gasteiger charge is 2.50. The van der Waals surface area contributed by atoms with Crippen molar-refractivity contribution in [1.29, 1.82) is 0 Å². The summed E-state index contributed by atoms with van der Waals surface area (Å²) in [4.78, 5) is 2.63. The first-order valence-electron chi connectivity index (χ1n) is 16.3. The highest BCUT2D eigenvalue weighted by molar-refractivity contribution is 7.99. The molecule has 2 aliphatic rings. The van der Waals surface area contributed by atoms with Gasteiger partial charge in [-0.1, -0.05) is 151 Å². The summed E-state index contributed by atoms with van der Waals surface area (Å²) in [5.41, 5.74) is 14.0. The number of aromatic nitrogens is 2. The summed E-state index contributed by atoms with van der Waals surface area (Å²) in [5.74, 6) is 0. The van der Waals surface area contributed by atoms with Gasteiger partial charge in [0.15, 0.2) is 0 Å². The molecule has 1 spiro atoms. The number of benzene rings is 7. The number of fused-ring (bicyclic) bond motifs is 10. The van der Waals surface area contributed by atoms with E-state index in [4.69, 9.17) is 0 Å². The van der Waals surface area contributed by atoms with E-state index in [1.54, 1.807) is 0 Å². The molecule has 48 heavy (non-hydrogen) atoms. The molecular weight excluding hydrogens is 601 g/mol. The zero-order chi connectivity index (χ0) is 31.7. The normalized spacial score (nSPS) is 13.5. The fraction of sp³-hybridized carbons (Fsp3) is 0.0222. The van der Waals surface area contributed by atoms with E-state index in [0.29, 0.717) is 0 Å². The van der Waals surface area contributed by atoms with Crippen molar-refractivity contribution in [2.75, 3.05) is 0 Å². The van der Waals surface area contributed by atoms with Gasteiger partial charge in [-0.25, -0.2) is 0 Å². The second-order valence-electron chi connectivity index (χ2n) is 12.6. The smallest absolute Gasteiger partial charge is 0.0936 e. The number of nitrogens with zero attached hydrogens (tertiary/aromatic N) is 2. The molecule has 0 bridgehead atoms. The zero-order valence-corrected chi connectivity index (χ0v) is 26.8. The predicted octanol–water partition coefficient (Wildman–Crippen LogP) is 11.5. The molecule has 1 aliphatic heterocycles. The van der Waals surface area contributed by atoms with Crippen molar-refractivity contribution in [3.05, 3.63) is 192 Å². The Hall–Kier alpha value is -5.77. The molecule has 2 nitrogen and oxygen atoms in total. The Kier molecular flexibility index (Phi) is 6.06. The lowest BCUT2D eigenvalue weighted by atomic mass is 9.67. The first kappa shape index (κ1) is 27.4. The van der Waals surface area contributed by atoms with E-state index in [9.17, 15) is 0 Å². The number of hydrogen-bond donors (Lipinski definition) is 0. The third kappa shape index (κ3) is 3.95. The van der Waals surface area contributed by atoms with Crippen LogP contribution in [-0.2, 0) is 5.41 Å². The zero-order valence-electron chi connectivity index (χ0n) is 26.0. The van der Waals surface area contributed by atoms with Crippen LogP contribution in [0, 0.1) is 0 Å². The van der Waals surface area contributed by atoms with Gasteiger partial charge in [-0.2, -0.15) is 0 Å². The summed E-state index contributed by atoms with van der Waals surface area (Å²) in [6.07, 6.45) is 0. The van der Waals surface area contributed by atoms with Crippen LogP contribution in [0.25, 0.3) is 55.5 Å². The maximum Gasteiger partial charge on any atom is 0.0936 e. The average molecular weight is 629 g/mol. The molecule has 0 unspecified atom stereocenters. The SMILES string of the molecule is c1ccc2c(c1)Sc1ccc(-c3ccc(-c4ccc(-c5cccc6ccccc56)nn4)cc3)cc1C21c2ccccc2-c2ccccc21. The van der Waals surface area contributed by atoms with Crippen molar-refractivity contribution in [2.24, 2.45) is 0 Å². The van der Waals surface area contributed by atoms with Gasteiger partial charge < -0.3 is 0 Å². The third-order valence-electron chi connectivity index (χ3n) is 10.1. The summed E-state index contributed by atoms with van der Waals surface area (Å²) in [7, 11) is 0. The Morgan fingerprint density at radius 3 is 1.71 bits per heavy atom. The van der Waals surface area contributed by atoms with Crippen molar-refractivity contribution >= 4 is 22.5 Å². The quantitative estimate of drug-likeness (QED) is 0.195. The van der Waals surface area contributed by atoms with Gasteiger partial charge in [0.25, 0.3) is 0 Å². The standard InChI is InChI=1S/C45H28N2S/c1-2-12-33-30(10-1)11-9-15-36(33)42-26-25-41(46-47-42)31-22-20-29(21-23-31)32-24-27-44-40(28-32)45(39-18-7-8-19-43(39)48-44)37-16-5-3-13-34(37)35-14-4-6-17-38(35)45/h1-28H. The molecule has 2 heterocycles. The van der Waals surface area contributed by atoms with Crippen LogP contribution in [0.1, 0.15) is 22.3 Å². The maximum absolute atomic E-state index is 4.65. The molecule has 224 valence electrons. The van der Waals surface area contributed by atoms with Crippen LogP contribution >= 0.6 is 11.8 Å². The topological polar surface area (TPSA) is 25.8 Å². The van der Waals surface area contributed by atoms with Gasteiger partial charge in [-0.15, -0.1) is 10.2 Å². The van der Waals surface area contributed by atoms with Gasteiger partial charge in [-0.3, -0.25) is 0 Å². The molecule has 1 aliphatic carbocycles. The van der Waals surface area contributed by atoms with Gasteiger partial charge in [0.05, 0.1) is 16.8 Å². The molecule has 3 heteroatoms. The van der Waals surface area contributed by atoms with E-state index < -0.39 is 0 Å². The molecule has 8 aromatic rings. The largest absolute Gasteiger partial charge is 0.150 e. The minimum atomic E-state index is -0.373. The molecule has 0 saturated heterocycles. The van der Waals surface area contributed by atoms with Crippen molar-refractivity contribution in [3.63, 3.8) is 0 Å². The highest BCUT2D eigenvalue weighted by Crippen LogP contribution is 2.62. The third-order valence-corrected chi connectivity index (χ3v) is 11.2. The van der Waals surface area contributed by atoms with Crippen molar-refractivity contribution in [1.82, 2.24) is 10.2 Å². The minimum absolute atomic E-state index is 0.373. The van der Waals surface area contributed by atoms with Crippen LogP contribution in [0.2, 0.25) is 0 Å². The van der Waals surface area contributed by atoms with Gasteiger partial charge in [-0.05, 0) is 85.6 Å². The van der Waals surface area contributed by atoms with Crippen molar-refractivity contribution in [3.8, 4) is 44.8 Å². The van der Waals surface area contributed by atoms with E-state index in [0.717, 1.165) is 22.5 Å². The number of hydrogen-bond acceptors (Lipinski definition) is 3. The fourth-order valence-electron chi connectivity index (χ4n) is 7.95. The molecular formula is C45H28N2S. The first-order valence-corrected chi connectivity index (χ1v) is 17.1. The van der Waals surface area contributed by atoms with Gasteiger partial charge in [0, 0.05) is 20.9 Å². The van der Waals surface area contributed by atoms with Crippen LogP contribution in [0.3, 0.4) is 0 Å². The Bertz CT molecular complexity index is 2480. The van der Waals surface area contributed by atoms with E-state index in [-0.39, 0.29) is 5.41 Å². The second kappa shape index (κ2) is 10.6. The van der Waals surface area contributed by atoms with Crippen LogP contribution < -0.4 is 0 Å². The molecule has 0 fully saturated rings. The molecule has 7 aromatic carbocycles. The monoisotopic (exact) mass is 628 g/mol. The summed E-state index contributed by atoms with van der Waals surface area (Å²) in [6.45, 7) is 0. The molecule has 0 radical (unpaired) electrons. The lowest BCUT2D eigenvalue weighted by Gasteiger charge is -2.40. The molecule has 0 amide bonds. The number of rotatable bonds is 3. The van der Waals surface area contributed by atoms with Crippen molar-refractivity contribution < 1.29 is 0 Å². The highest BCUT2D eigenvalue weighted by atomic mass is 32.2. The summed E-state index contributed by atoms with van der Waals surface area (Å²) in [6, 6.07) is 61.6. The second-order valence-corrected chi connectivity index (χ2v) is 13.6. The molecule has 0 saturated carbocycles. The molecule has 0 N–H and O–H groups in total. The fourth-order valence-corrected chi connectivity index (χ4v) is 9.12. The Balaban J connectivity index is 1.05. The Morgan fingerprint density at radius 2 is 0.938 bits per heavy atom. The van der Waals surface area contributed by atoms with Gasteiger partial charge in [0.2, 0.25) is 0 Å². The Morgan fingerprint density at radius 1 is 0.375 bits per heavy atom. The summed E-state index contributed by atoms with van der Waals surface area (Å²) >= 11 is 1.88. The van der Waals surface area contributed by atoms with Crippen LogP contribution in [-0.4, -0.2) is 10.2 Å². The van der Waals surface area contributed by atoms with Gasteiger partial charge in [0.1, 0.15) is 0 Å². The first-order chi connectivity index (χ1) is 23.8. The summed E-state index contributed by atoms with van der Waals surface area (Å²) < 4.78 is 0. The van der Waals surface area contributed by atoms with E-state index in [1.165, 1.54) is 65.1 Å². The maximum atomic E-state index is 4.65. The lowest BCUT2D eigenvalue weighted by Crippen LogP contribution is -2.32.